The first-order valence-corrected chi connectivity index (χ1v) is 11.2. The highest BCUT2D eigenvalue weighted by molar-refractivity contribution is 5.95. The van der Waals surface area contributed by atoms with E-state index in [4.69, 9.17) is 0 Å². The van der Waals surface area contributed by atoms with Crippen LogP contribution >= 0.6 is 0 Å². The van der Waals surface area contributed by atoms with Gasteiger partial charge in [-0.1, -0.05) is 17.2 Å². The van der Waals surface area contributed by atoms with Crippen LogP contribution in [0.25, 0.3) is 0 Å². The molecule has 0 aliphatic carbocycles. The number of aryl methyl sites for hydroxylation is 2. The number of hydrogen-bond donors (Lipinski definition) is 1. The van der Waals surface area contributed by atoms with Crippen molar-refractivity contribution in [1.29, 1.82) is 0 Å². The summed E-state index contributed by atoms with van der Waals surface area (Å²) >= 11 is 0. The van der Waals surface area contributed by atoms with Crippen LogP contribution < -0.4 is 10.2 Å². The van der Waals surface area contributed by atoms with Gasteiger partial charge in [-0.2, -0.15) is 0 Å². The Bertz CT molecular complexity index is 905. The Morgan fingerprint density at radius 2 is 1.65 bits per heavy atom. The van der Waals surface area contributed by atoms with Crippen LogP contribution in [-0.4, -0.2) is 58.9 Å². The van der Waals surface area contributed by atoms with Crippen LogP contribution in [0.2, 0.25) is 0 Å². The molecule has 2 aliphatic heterocycles. The third-order valence-corrected chi connectivity index (χ3v) is 6.22. The molecule has 1 unspecified atom stereocenters. The maximum Gasteiger partial charge on any atom is 0.253 e. The molecule has 4 rings (SSSR count). The third-order valence-electron chi connectivity index (χ3n) is 6.22. The van der Waals surface area contributed by atoms with Gasteiger partial charge in [-0.25, -0.2) is 9.97 Å². The lowest BCUT2D eigenvalue weighted by atomic mass is 9.95. The second-order valence-electron chi connectivity index (χ2n) is 8.79. The van der Waals surface area contributed by atoms with Gasteiger partial charge in [0.2, 0.25) is 11.9 Å². The zero-order valence-electron chi connectivity index (χ0n) is 18.4. The molecule has 1 aromatic carbocycles. The van der Waals surface area contributed by atoms with E-state index in [1.165, 1.54) is 0 Å². The van der Waals surface area contributed by atoms with Gasteiger partial charge in [0, 0.05) is 50.2 Å². The zero-order chi connectivity index (χ0) is 21.8. The van der Waals surface area contributed by atoms with E-state index in [9.17, 15) is 9.59 Å². The molecule has 1 aromatic heterocycles. The highest BCUT2D eigenvalue weighted by Crippen LogP contribution is 2.21. The number of carbonyl (C=O) groups is 2. The molecule has 7 heteroatoms. The molecule has 2 aliphatic rings. The van der Waals surface area contributed by atoms with E-state index in [1.807, 2.05) is 36.9 Å². The number of likely N-dealkylation sites (tertiary alicyclic amines) is 1. The molecule has 0 saturated carbocycles. The molecule has 1 atom stereocenters. The van der Waals surface area contributed by atoms with Crippen LogP contribution in [0.3, 0.4) is 0 Å². The van der Waals surface area contributed by atoms with Crippen LogP contribution in [0.4, 0.5) is 5.95 Å². The van der Waals surface area contributed by atoms with Crippen LogP contribution in [0.1, 0.15) is 47.2 Å². The number of hydrogen-bond acceptors (Lipinski definition) is 5. The summed E-state index contributed by atoms with van der Waals surface area (Å²) in [7, 11) is 0. The number of nitrogens with one attached hydrogen (secondary N) is 1. The molecule has 31 heavy (non-hydrogen) atoms. The van der Waals surface area contributed by atoms with Crippen molar-refractivity contribution < 1.29 is 9.59 Å². The summed E-state index contributed by atoms with van der Waals surface area (Å²) in [6.45, 7) is 6.88. The first-order valence-electron chi connectivity index (χ1n) is 11.2. The molecule has 0 spiro atoms. The smallest absolute Gasteiger partial charge is 0.253 e. The molecule has 1 N–H and O–H groups in total. The second-order valence-corrected chi connectivity index (χ2v) is 8.79. The van der Waals surface area contributed by atoms with E-state index in [0.29, 0.717) is 18.7 Å². The Balaban J connectivity index is 1.30. The predicted molar refractivity (Wildman–Crippen MR) is 120 cm³/mol. The Morgan fingerprint density at radius 1 is 0.968 bits per heavy atom. The Kier molecular flexibility index (Phi) is 6.49. The van der Waals surface area contributed by atoms with Gasteiger partial charge in [0.05, 0.1) is 5.92 Å². The van der Waals surface area contributed by atoms with Crippen molar-refractivity contribution in [2.75, 3.05) is 31.1 Å². The number of benzene rings is 1. The van der Waals surface area contributed by atoms with Crippen molar-refractivity contribution in [2.24, 2.45) is 5.92 Å². The van der Waals surface area contributed by atoms with Crippen molar-refractivity contribution in [2.45, 2.75) is 45.6 Å². The SMILES string of the molecule is Cc1cc(C)cc(C(=O)N2CCCC(C(=O)NC3CCN(c4ncccn4)CC3)C2)c1. The molecular formula is C24H31N5O2. The van der Waals surface area contributed by atoms with Gasteiger partial charge in [-0.3, -0.25) is 9.59 Å². The maximum absolute atomic E-state index is 13.0. The first-order chi connectivity index (χ1) is 15.0. The molecule has 2 saturated heterocycles. The molecule has 2 amide bonds. The van der Waals surface area contributed by atoms with Gasteiger partial charge in [0.25, 0.3) is 5.91 Å². The highest BCUT2D eigenvalue weighted by atomic mass is 16.2. The van der Waals surface area contributed by atoms with E-state index >= 15 is 0 Å². The van der Waals surface area contributed by atoms with Gasteiger partial charge >= 0.3 is 0 Å². The van der Waals surface area contributed by atoms with Crippen molar-refractivity contribution in [1.82, 2.24) is 20.2 Å². The summed E-state index contributed by atoms with van der Waals surface area (Å²) in [4.78, 5) is 38.6. The third kappa shape index (κ3) is 5.21. The predicted octanol–water partition coefficient (Wildman–Crippen LogP) is 2.73. The summed E-state index contributed by atoms with van der Waals surface area (Å²) in [6, 6.07) is 7.91. The van der Waals surface area contributed by atoms with Gasteiger partial charge in [-0.15, -0.1) is 0 Å². The minimum atomic E-state index is -0.140. The van der Waals surface area contributed by atoms with E-state index in [2.05, 4.69) is 26.3 Å². The Morgan fingerprint density at radius 3 is 2.32 bits per heavy atom. The monoisotopic (exact) mass is 421 g/mol. The lowest BCUT2D eigenvalue weighted by molar-refractivity contribution is -0.127. The topological polar surface area (TPSA) is 78.4 Å². The van der Waals surface area contributed by atoms with Crippen molar-refractivity contribution in [3.05, 3.63) is 53.3 Å². The number of aromatic nitrogens is 2. The molecule has 0 radical (unpaired) electrons. The van der Waals surface area contributed by atoms with Crippen LogP contribution in [0.15, 0.2) is 36.7 Å². The highest BCUT2D eigenvalue weighted by Gasteiger charge is 2.31. The van der Waals surface area contributed by atoms with Crippen molar-refractivity contribution >= 4 is 17.8 Å². The molecular weight excluding hydrogens is 390 g/mol. The minimum Gasteiger partial charge on any atom is -0.353 e. The molecule has 0 bridgehead atoms. The van der Waals surface area contributed by atoms with E-state index in [1.54, 1.807) is 12.4 Å². The molecule has 164 valence electrons. The van der Waals surface area contributed by atoms with Gasteiger partial charge in [0.1, 0.15) is 0 Å². The lowest BCUT2D eigenvalue weighted by Gasteiger charge is -2.35. The summed E-state index contributed by atoms with van der Waals surface area (Å²) in [6.07, 6.45) is 6.95. The standard InChI is InChI=1S/C24H31N5O2/c1-17-13-18(2)15-20(14-17)23(31)29-10-3-5-19(16-29)22(30)27-21-6-11-28(12-7-21)24-25-8-4-9-26-24/h4,8-9,13-15,19,21H,3,5-7,10-12,16H2,1-2H3,(H,27,30). The van der Waals surface area contributed by atoms with E-state index < -0.39 is 0 Å². The minimum absolute atomic E-state index is 0.0282. The van der Waals surface area contributed by atoms with E-state index in [0.717, 1.165) is 55.8 Å². The number of piperidine rings is 2. The fourth-order valence-corrected chi connectivity index (χ4v) is 4.65. The number of anilines is 1. The average Bonchev–Trinajstić information content (AvgIpc) is 2.79. The summed E-state index contributed by atoms with van der Waals surface area (Å²) in [5.41, 5.74) is 2.89. The Hall–Kier alpha value is -2.96. The number of amides is 2. The summed E-state index contributed by atoms with van der Waals surface area (Å²) in [5, 5.41) is 3.23. The van der Waals surface area contributed by atoms with Crippen LogP contribution in [0, 0.1) is 19.8 Å². The largest absolute Gasteiger partial charge is 0.353 e. The van der Waals surface area contributed by atoms with Gasteiger partial charge < -0.3 is 15.1 Å². The van der Waals surface area contributed by atoms with Crippen molar-refractivity contribution in [3.8, 4) is 0 Å². The Labute approximate surface area is 183 Å². The molecule has 3 heterocycles. The fourth-order valence-electron chi connectivity index (χ4n) is 4.65. The van der Waals surface area contributed by atoms with E-state index in [-0.39, 0.29) is 23.8 Å². The van der Waals surface area contributed by atoms with Crippen LogP contribution in [0.5, 0.6) is 0 Å². The molecule has 2 fully saturated rings. The number of carbonyl (C=O) groups excluding carboxylic acids is 2. The molecule has 7 nitrogen and oxygen atoms in total. The quantitative estimate of drug-likeness (QED) is 0.821. The maximum atomic E-state index is 13.0. The summed E-state index contributed by atoms with van der Waals surface area (Å²) in [5.74, 6) is 0.715. The number of nitrogens with zero attached hydrogens (tertiary/aromatic N) is 4. The number of rotatable bonds is 4. The van der Waals surface area contributed by atoms with Gasteiger partial charge in [0.15, 0.2) is 0 Å². The first kappa shape index (κ1) is 21.3. The van der Waals surface area contributed by atoms with Gasteiger partial charge in [-0.05, 0) is 57.7 Å². The zero-order valence-corrected chi connectivity index (χ0v) is 18.4. The van der Waals surface area contributed by atoms with Crippen molar-refractivity contribution in [3.63, 3.8) is 0 Å². The second kappa shape index (κ2) is 9.45. The fraction of sp³-hybridized carbons (Fsp3) is 0.500. The molecule has 2 aromatic rings. The lowest BCUT2D eigenvalue weighted by Crippen LogP contribution is -2.50. The summed E-state index contributed by atoms with van der Waals surface area (Å²) < 4.78 is 0. The normalized spacial score (nSPS) is 19.9. The average molecular weight is 422 g/mol. The van der Waals surface area contributed by atoms with Crippen LogP contribution in [-0.2, 0) is 4.79 Å².